The van der Waals surface area contributed by atoms with Gasteiger partial charge in [-0.15, -0.1) is 0 Å². The van der Waals surface area contributed by atoms with Crippen LogP contribution in [0.1, 0.15) is 37.8 Å². The zero-order valence-electron chi connectivity index (χ0n) is 11.9. The van der Waals surface area contributed by atoms with Crippen molar-refractivity contribution in [1.82, 2.24) is 10.6 Å². The molecule has 1 aromatic carbocycles. The van der Waals surface area contributed by atoms with E-state index >= 15 is 0 Å². The summed E-state index contributed by atoms with van der Waals surface area (Å²) in [6, 6.07) is 9.51. The number of hydrogen-bond donors (Lipinski definition) is 3. The molecule has 1 atom stereocenters. The molecule has 110 valence electrons. The van der Waals surface area contributed by atoms with E-state index in [-0.39, 0.29) is 24.4 Å². The average molecular weight is 277 g/mol. The Bertz CT molecular complexity index is 420. The van der Waals surface area contributed by atoms with Crippen molar-refractivity contribution in [2.45, 2.75) is 32.2 Å². The van der Waals surface area contributed by atoms with E-state index in [1.165, 1.54) is 0 Å². The number of amides is 2. The maximum absolute atomic E-state index is 11.6. The van der Waals surface area contributed by atoms with Crippen molar-refractivity contribution in [3.05, 3.63) is 35.9 Å². The average Bonchev–Trinajstić information content (AvgIpc) is 2.49. The Morgan fingerprint density at radius 1 is 1.15 bits per heavy atom. The van der Waals surface area contributed by atoms with E-state index < -0.39 is 0 Å². The SMILES string of the molecule is CCCNC(=O)CNC(=O)CCC(N)c1ccccc1. The van der Waals surface area contributed by atoms with Gasteiger partial charge < -0.3 is 16.4 Å². The molecule has 5 nitrogen and oxygen atoms in total. The summed E-state index contributed by atoms with van der Waals surface area (Å²) < 4.78 is 0. The predicted octanol–water partition coefficient (Wildman–Crippen LogP) is 1.11. The topological polar surface area (TPSA) is 84.2 Å². The minimum atomic E-state index is -0.160. The van der Waals surface area contributed by atoms with Crippen LogP contribution in [0, 0.1) is 0 Å². The number of nitrogens with one attached hydrogen (secondary N) is 2. The summed E-state index contributed by atoms with van der Waals surface area (Å²) in [7, 11) is 0. The summed E-state index contributed by atoms with van der Waals surface area (Å²) >= 11 is 0. The first-order chi connectivity index (χ1) is 9.63. The van der Waals surface area contributed by atoms with Crippen LogP contribution in [0.5, 0.6) is 0 Å². The Morgan fingerprint density at radius 2 is 1.85 bits per heavy atom. The second-order valence-corrected chi connectivity index (χ2v) is 4.68. The lowest BCUT2D eigenvalue weighted by molar-refractivity contribution is -0.126. The van der Waals surface area contributed by atoms with Crippen LogP contribution in [0.3, 0.4) is 0 Å². The van der Waals surface area contributed by atoms with E-state index in [2.05, 4.69) is 10.6 Å². The zero-order chi connectivity index (χ0) is 14.8. The molecule has 2 amide bonds. The lowest BCUT2D eigenvalue weighted by Crippen LogP contribution is -2.37. The van der Waals surface area contributed by atoms with Crippen LogP contribution in [0.15, 0.2) is 30.3 Å². The van der Waals surface area contributed by atoms with Gasteiger partial charge in [0.25, 0.3) is 0 Å². The molecule has 0 aliphatic rings. The van der Waals surface area contributed by atoms with Crippen LogP contribution in [0.25, 0.3) is 0 Å². The van der Waals surface area contributed by atoms with Gasteiger partial charge in [0.15, 0.2) is 0 Å². The molecule has 0 radical (unpaired) electrons. The molecule has 1 rings (SSSR count). The Morgan fingerprint density at radius 3 is 2.50 bits per heavy atom. The number of rotatable bonds is 8. The van der Waals surface area contributed by atoms with Crippen molar-refractivity contribution in [3.8, 4) is 0 Å². The lowest BCUT2D eigenvalue weighted by atomic mass is 10.0. The van der Waals surface area contributed by atoms with E-state index in [1.807, 2.05) is 37.3 Å². The minimum absolute atomic E-state index is 0.0272. The molecular formula is C15H23N3O2. The summed E-state index contributed by atoms with van der Waals surface area (Å²) in [6.45, 7) is 2.64. The van der Waals surface area contributed by atoms with Gasteiger partial charge in [-0.05, 0) is 18.4 Å². The van der Waals surface area contributed by atoms with Crippen LogP contribution in [-0.2, 0) is 9.59 Å². The van der Waals surface area contributed by atoms with Crippen LogP contribution in [0.2, 0.25) is 0 Å². The highest BCUT2D eigenvalue weighted by atomic mass is 16.2. The van der Waals surface area contributed by atoms with Crippen molar-refractivity contribution in [3.63, 3.8) is 0 Å². The molecule has 20 heavy (non-hydrogen) atoms. The summed E-state index contributed by atoms with van der Waals surface area (Å²) in [5.41, 5.74) is 7.02. The van der Waals surface area contributed by atoms with E-state index in [0.29, 0.717) is 19.4 Å². The van der Waals surface area contributed by atoms with Crippen LogP contribution >= 0.6 is 0 Å². The van der Waals surface area contributed by atoms with Gasteiger partial charge in [-0.25, -0.2) is 0 Å². The molecule has 1 unspecified atom stereocenters. The van der Waals surface area contributed by atoms with Crippen molar-refractivity contribution in [2.24, 2.45) is 5.73 Å². The summed E-state index contributed by atoms with van der Waals surface area (Å²) in [5.74, 6) is -0.310. The predicted molar refractivity (Wildman–Crippen MR) is 78.9 cm³/mol. The fourth-order valence-corrected chi connectivity index (χ4v) is 1.75. The van der Waals surface area contributed by atoms with E-state index in [4.69, 9.17) is 5.73 Å². The third kappa shape index (κ3) is 6.33. The van der Waals surface area contributed by atoms with Gasteiger partial charge in [-0.3, -0.25) is 9.59 Å². The second-order valence-electron chi connectivity index (χ2n) is 4.68. The molecule has 0 heterocycles. The number of hydrogen-bond acceptors (Lipinski definition) is 3. The monoisotopic (exact) mass is 277 g/mol. The molecule has 0 spiro atoms. The highest BCUT2D eigenvalue weighted by Gasteiger charge is 2.09. The first-order valence-electron chi connectivity index (χ1n) is 6.97. The first kappa shape index (κ1) is 16.2. The highest BCUT2D eigenvalue weighted by molar-refractivity contribution is 5.84. The Labute approximate surface area is 119 Å². The molecule has 4 N–H and O–H groups in total. The van der Waals surface area contributed by atoms with Crippen molar-refractivity contribution in [2.75, 3.05) is 13.1 Å². The molecular weight excluding hydrogens is 254 g/mol. The molecule has 0 saturated heterocycles. The Hall–Kier alpha value is -1.88. The van der Waals surface area contributed by atoms with Crippen LogP contribution < -0.4 is 16.4 Å². The molecule has 0 fully saturated rings. The number of carbonyl (C=O) groups excluding carboxylic acids is 2. The van der Waals surface area contributed by atoms with Crippen LogP contribution in [0.4, 0.5) is 0 Å². The largest absolute Gasteiger partial charge is 0.355 e. The van der Waals surface area contributed by atoms with Crippen molar-refractivity contribution in [1.29, 1.82) is 0 Å². The summed E-state index contributed by atoms with van der Waals surface area (Å²) in [5, 5.41) is 5.29. The smallest absolute Gasteiger partial charge is 0.239 e. The molecule has 0 aromatic heterocycles. The van der Waals surface area contributed by atoms with Gasteiger partial charge >= 0.3 is 0 Å². The highest BCUT2D eigenvalue weighted by Crippen LogP contribution is 2.14. The maximum atomic E-state index is 11.6. The molecule has 0 aliphatic heterocycles. The summed E-state index contributed by atoms with van der Waals surface area (Å²) in [4.78, 5) is 22.9. The second kappa shape index (κ2) is 9.09. The molecule has 0 aliphatic carbocycles. The van der Waals surface area contributed by atoms with Crippen molar-refractivity contribution >= 4 is 11.8 Å². The quantitative estimate of drug-likeness (QED) is 0.665. The van der Waals surface area contributed by atoms with Gasteiger partial charge in [0.2, 0.25) is 11.8 Å². The van der Waals surface area contributed by atoms with E-state index in [9.17, 15) is 9.59 Å². The third-order valence-electron chi connectivity index (χ3n) is 2.93. The summed E-state index contributed by atoms with van der Waals surface area (Å²) in [6.07, 6.45) is 1.76. The Balaban J connectivity index is 2.21. The van der Waals surface area contributed by atoms with Gasteiger partial charge in [-0.2, -0.15) is 0 Å². The Kier molecular flexibility index (Phi) is 7.35. The number of benzene rings is 1. The number of nitrogens with two attached hydrogens (primary N) is 1. The standard InChI is InChI=1S/C15H23N3O2/c1-2-10-17-15(20)11-18-14(19)9-8-13(16)12-6-4-3-5-7-12/h3-7,13H,2,8-11,16H2,1H3,(H,17,20)(H,18,19). The molecule has 0 saturated carbocycles. The van der Waals surface area contributed by atoms with Crippen molar-refractivity contribution < 1.29 is 9.59 Å². The minimum Gasteiger partial charge on any atom is -0.355 e. The fourth-order valence-electron chi connectivity index (χ4n) is 1.75. The zero-order valence-corrected chi connectivity index (χ0v) is 11.9. The van der Waals surface area contributed by atoms with E-state index in [1.54, 1.807) is 0 Å². The number of carbonyl (C=O) groups is 2. The lowest BCUT2D eigenvalue weighted by Gasteiger charge is -2.11. The normalized spacial score (nSPS) is 11.7. The van der Waals surface area contributed by atoms with Gasteiger partial charge in [-0.1, -0.05) is 37.3 Å². The van der Waals surface area contributed by atoms with Gasteiger partial charge in [0, 0.05) is 19.0 Å². The fraction of sp³-hybridized carbons (Fsp3) is 0.467. The first-order valence-corrected chi connectivity index (χ1v) is 6.97. The molecule has 1 aromatic rings. The third-order valence-corrected chi connectivity index (χ3v) is 2.93. The van der Waals surface area contributed by atoms with Gasteiger partial charge in [0.05, 0.1) is 6.54 Å². The molecule has 0 bridgehead atoms. The van der Waals surface area contributed by atoms with Gasteiger partial charge in [0.1, 0.15) is 0 Å². The van der Waals surface area contributed by atoms with E-state index in [0.717, 1.165) is 12.0 Å². The van der Waals surface area contributed by atoms with Crippen LogP contribution in [-0.4, -0.2) is 24.9 Å². The maximum Gasteiger partial charge on any atom is 0.239 e. The molecule has 5 heteroatoms.